The first-order valence-electron chi connectivity index (χ1n) is 8.00. The summed E-state index contributed by atoms with van der Waals surface area (Å²) in [6, 6.07) is 7.67. The fraction of sp³-hybridized carbons (Fsp3) is 0.375. The van der Waals surface area contributed by atoms with Crippen LogP contribution in [0.3, 0.4) is 0 Å². The Balaban J connectivity index is 1.53. The molecule has 0 aliphatic carbocycles. The molecule has 8 nitrogen and oxygen atoms in total. The summed E-state index contributed by atoms with van der Waals surface area (Å²) in [7, 11) is 1.83. The van der Waals surface area contributed by atoms with Crippen LogP contribution in [0.2, 0.25) is 0 Å². The standard InChI is InChI=1S/C16H18N6O2/c1-21-12-5-3-2-4-11(12)14(20-21)15(23)17-10-6-7-13-18-19-16(24)22(13)9-8-10/h2-5,10H,6-9H2,1H3,(H,17,23)(H,19,24). The van der Waals surface area contributed by atoms with Crippen molar-refractivity contribution in [1.29, 1.82) is 0 Å². The summed E-state index contributed by atoms with van der Waals surface area (Å²) in [6.07, 6.45) is 2.11. The SMILES string of the molecule is Cn1nc(C(=O)NC2CCc3n[nH]c(=O)n3CC2)c2ccccc21. The number of aryl methyl sites for hydroxylation is 2. The maximum Gasteiger partial charge on any atom is 0.343 e. The highest BCUT2D eigenvalue weighted by Gasteiger charge is 2.23. The third-order valence-corrected chi connectivity index (χ3v) is 4.56. The van der Waals surface area contributed by atoms with E-state index >= 15 is 0 Å². The summed E-state index contributed by atoms with van der Waals surface area (Å²) in [5, 5.41) is 14.8. The first-order chi connectivity index (χ1) is 11.6. The Hall–Kier alpha value is -2.90. The summed E-state index contributed by atoms with van der Waals surface area (Å²) in [6.45, 7) is 0.554. The average molecular weight is 326 g/mol. The first kappa shape index (κ1) is 14.7. The smallest absolute Gasteiger partial charge is 0.343 e. The minimum atomic E-state index is -0.187. The van der Waals surface area contributed by atoms with Crippen LogP contribution >= 0.6 is 0 Å². The quantitative estimate of drug-likeness (QED) is 0.720. The number of hydrogen-bond donors (Lipinski definition) is 2. The maximum absolute atomic E-state index is 12.7. The van der Waals surface area contributed by atoms with Gasteiger partial charge < -0.3 is 5.32 Å². The fourth-order valence-electron chi connectivity index (χ4n) is 3.28. The van der Waals surface area contributed by atoms with Gasteiger partial charge >= 0.3 is 5.69 Å². The third-order valence-electron chi connectivity index (χ3n) is 4.56. The lowest BCUT2D eigenvalue weighted by atomic mass is 10.1. The van der Waals surface area contributed by atoms with Crippen molar-refractivity contribution in [1.82, 2.24) is 29.9 Å². The summed E-state index contributed by atoms with van der Waals surface area (Å²) < 4.78 is 3.36. The van der Waals surface area contributed by atoms with Gasteiger partial charge in [0.1, 0.15) is 5.82 Å². The van der Waals surface area contributed by atoms with Gasteiger partial charge in [0, 0.05) is 31.4 Å². The second-order valence-electron chi connectivity index (χ2n) is 6.08. The molecule has 0 spiro atoms. The van der Waals surface area contributed by atoms with Crippen molar-refractivity contribution in [2.24, 2.45) is 7.05 Å². The van der Waals surface area contributed by atoms with Crippen molar-refractivity contribution in [2.45, 2.75) is 31.8 Å². The van der Waals surface area contributed by atoms with Gasteiger partial charge in [0.15, 0.2) is 5.69 Å². The molecule has 0 fully saturated rings. The van der Waals surface area contributed by atoms with Crippen LogP contribution in [0.5, 0.6) is 0 Å². The minimum absolute atomic E-state index is 0.000585. The summed E-state index contributed by atoms with van der Waals surface area (Å²) >= 11 is 0. The number of carbonyl (C=O) groups is 1. The predicted molar refractivity (Wildman–Crippen MR) is 87.8 cm³/mol. The number of aromatic nitrogens is 5. The summed E-state index contributed by atoms with van der Waals surface area (Å²) in [5.41, 5.74) is 1.18. The molecular weight excluding hydrogens is 308 g/mol. The number of benzene rings is 1. The highest BCUT2D eigenvalue weighted by atomic mass is 16.2. The van der Waals surface area contributed by atoms with Crippen LogP contribution in [-0.2, 0) is 20.0 Å². The molecule has 0 radical (unpaired) electrons. The monoisotopic (exact) mass is 326 g/mol. The number of aromatic amines is 1. The van der Waals surface area contributed by atoms with Crippen molar-refractivity contribution >= 4 is 16.8 Å². The zero-order valence-corrected chi connectivity index (χ0v) is 13.3. The second-order valence-corrected chi connectivity index (χ2v) is 6.08. The van der Waals surface area contributed by atoms with Crippen LogP contribution in [0.4, 0.5) is 0 Å². The molecular formula is C16H18N6O2. The van der Waals surface area contributed by atoms with Crippen LogP contribution in [0.25, 0.3) is 10.9 Å². The number of hydrogen-bond acceptors (Lipinski definition) is 4. The van der Waals surface area contributed by atoms with E-state index in [4.69, 9.17) is 0 Å². The molecule has 4 rings (SSSR count). The molecule has 24 heavy (non-hydrogen) atoms. The van der Waals surface area contributed by atoms with Crippen molar-refractivity contribution < 1.29 is 4.79 Å². The normalized spacial score (nSPS) is 17.5. The molecule has 0 bridgehead atoms. The van der Waals surface area contributed by atoms with E-state index in [1.807, 2.05) is 31.3 Å². The Labute approximate surface area is 137 Å². The number of rotatable bonds is 2. The molecule has 0 saturated heterocycles. The van der Waals surface area contributed by atoms with Gasteiger partial charge in [0.25, 0.3) is 5.91 Å². The molecule has 124 valence electrons. The lowest BCUT2D eigenvalue weighted by Crippen LogP contribution is -2.35. The molecule has 3 heterocycles. The Morgan fingerprint density at radius 3 is 3.04 bits per heavy atom. The molecule has 0 saturated carbocycles. The van der Waals surface area contributed by atoms with E-state index in [1.54, 1.807) is 9.25 Å². The van der Waals surface area contributed by atoms with Crippen LogP contribution in [0.15, 0.2) is 29.1 Å². The molecule has 2 N–H and O–H groups in total. The van der Waals surface area contributed by atoms with Crippen molar-refractivity contribution in [2.75, 3.05) is 0 Å². The molecule has 8 heteroatoms. The van der Waals surface area contributed by atoms with E-state index in [-0.39, 0.29) is 17.6 Å². The van der Waals surface area contributed by atoms with Crippen molar-refractivity contribution in [3.63, 3.8) is 0 Å². The molecule has 1 atom stereocenters. The zero-order valence-electron chi connectivity index (χ0n) is 13.3. The van der Waals surface area contributed by atoms with Crippen molar-refractivity contribution in [3.05, 3.63) is 46.3 Å². The molecule has 1 aliphatic heterocycles. The molecule has 3 aromatic rings. The van der Waals surface area contributed by atoms with Gasteiger partial charge in [-0.25, -0.2) is 9.89 Å². The summed E-state index contributed by atoms with van der Waals surface area (Å²) in [4.78, 5) is 24.3. The second kappa shape index (κ2) is 5.63. The summed E-state index contributed by atoms with van der Waals surface area (Å²) in [5.74, 6) is 0.574. The first-order valence-corrected chi connectivity index (χ1v) is 8.00. The van der Waals surface area contributed by atoms with Gasteiger partial charge in [-0.3, -0.25) is 14.0 Å². The third kappa shape index (κ3) is 2.40. The largest absolute Gasteiger partial charge is 0.348 e. The lowest BCUT2D eigenvalue weighted by Gasteiger charge is -2.15. The number of amides is 1. The van der Waals surface area contributed by atoms with Gasteiger partial charge in [0.2, 0.25) is 0 Å². The zero-order chi connectivity index (χ0) is 16.7. The molecule has 1 amide bonds. The van der Waals surface area contributed by atoms with Crippen LogP contribution < -0.4 is 11.0 Å². The highest BCUT2D eigenvalue weighted by Crippen LogP contribution is 2.18. The van der Waals surface area contributed by atoms with Gasteiger partial charge in [0.05, 0.1) is 5.52 Å². The van der Waals surface area contributed by atoms with Crippen LogP contribution in [0.1, 0.15) is 29.2 Å². The Morgan fingerprint density at radius 1 is 1.33 bits per heavy atom. The number of nitrogens with one attached hydrogen (secondary N) is 2. The van der Waals surface area contributed by atoms with Crippen LogP contribution in [-0.4, -0.2) is 36.5 Å². The van der Waals surface area contributed by atoms with E-state index in [0.717, 1.165) is 23.1 Å². The van der Waals surface area contributed by atoms with E-state index in [9.17, 15) is 9.59 Å². The fourth-order valence-corrected chi connectivity index (χ4v) is 3.28. The van der Waals surface area contributed by atoms with Gasteiger partial charge in [-0.15, -0.1) is 0 Å². The van der Waals surface area contributed by atoms with E-state index in [0.29, 0.717) is 25.1 Å². The van der Waals surface area contributed by atoms with Crippen molar-refractivity contribution in [3.8, 4) is 0 Å². The Bertz CT molecular complexity index is 967. The topological polar surface area (TPSA) is 97.6 Å². The van der Waals surface area contributed by atoms with E-state index in [2.05, 4.69) is 20.6 Å². The molecule has 1 aliphatic rings. The van der Waals surface area contributed by atoms with Gasteiger partial charge in [-0.1, -0.05) is 18.2 Å². The Morgan fingerprint density at radius 2 is 2.17 bits per heavy atom. The predicted octanol–water partition coefficient (Wildman–Crippen LogP) is 0.593. The molecule has 2 aromatic heterocycles. The average Bonchev–Trinajstić information content (AvgIpc) is 3.03. The molecule has 1 unspecified atom stereocenters. The lowest BCUT2D eigenvalue weighted by molar-refractivity contribution is 0.0928. The van der Waals surface area contributed by atoms with Crippen LogP contribution in [0, 0.1) is 0 Å². The molecule has 1 aromatic carbocycles. The van der Waals surface area contributed by atoms with Gasteiger partial charge in [-0.2, -0.15) is 10.2 Å². The number of H-pyrrole nitrogens is 1. The number of fused-ring (bicyclic) bond motifs is 2. The van der Waals surface area contributed by atoms with E-state index in [1.165, 1.54) is 0 Å². The highest BCUT2D eigenvalue weighted by molar-refractivity contribution is 6.04. The minimum Gasteiger partial charge on any atom is -0.348 e. The number of nitrogens with zero attached hydrogens (tertiary/aromatic N) is 4. The maximum atomic E-state index is 12.7. The number of carbonyl (C=O) groups excluding carboxylic acids is 1. The number of para-hydroxylation sites is 1. The van der Waals surface area contributed by atoms with E-state index < -0.39 is 0 Å². The Kier molecular flexibility index (Phi) is 3.44. The van der Waals surface area contributed by atoms with Gasteiger partial charge in [-0.05, 0) is 18.9 Å².